The second-order valence-corrected chi connectivity index (χ2v) is 4.24. The van der Waals surface area contributed by atoms with Crippen LogP contribution < -0.4 is 0 Å². The molecule has 1 aliphatic rings. The van der Waals surface area contributed by atoms with Crippen LogP contribution in [0.5, 0.6) is 0 Å². The van der Waals surface area contributed by atoms with Gasteiger partial charge in [0.25, 0.3) is 5.91 Å². The Bertz CT molecular complexity index is 604. The molecule has 0 atom stereocenters. The van der Waals surface area contributed by atoms with E-state index >= 15 is 0 Å². The van der Waals surface area contributed by atoms with Crippen molar-refractivity contribution >= 4 is 16.8 Å². The average molecular weight is 212 g/mol. The smallest absolute Gasteiger partial charge is 0.272 e. The lowest BCUT2D eigenvalue weighted by molar-refractivity contribution is 0.0812. The second kappa shape index (κ2) is 3.04. The number of amides is 1. The van der Waals surface area contributed by atoms with Gasteiger partial charge < -0.3 is 4.90 Å². The van der Waals surface area contributed by atoms with Gasteiger partial charge in [0.1, 0.15) is 5.69 Å². The predicted molar refractivity (Wildman–Crippen MR) is 62.3 cm³/mol. The fourth-order valence-corrected chi connectivity index (χ4v) is 2.28. The van der Waals surface area contributed by atoms with Crippen molar-refractivity contribution in [2.45, 2.75) is 13.5 Å². The summed E-state index contributed by atoms with van der Waals surface area (Å²) in [4.78, 5) is 18.0. The van der Waals surface area contributed by atoms with E-state index in [0.717, 1.165) is 16.5 Å². The van der Waals surface area contributed by atoms with E-state index in [9.17, 15) is 4.79 Å². The molecule has 0 aliphatic carbocycles. The number of aromatic nitrogens is 1. The Kier molecular flexibility index (Phi) is 1.78. The molecule has 1 aromatic carbocycles. The number of aryl methyl sites for hydroxylation is 1. The monoisotopic (exact) mass is 212 g/mol. The van der Waals surface area contributed by atoms with Crippen LogP contribution in [0.15, 0.2) is 24.3 Å². The van der Waals surface area contributed by atoms with Crippen molar-refractivity contribution in [3.63, 3.8) is 0 Å². The summed E-state index contributed by atoms with van der Waals surface area (Å²) in [6.07, 6.45) is 0. The molecule has 0 fully saturated rings. The van der Waals surface area contributed by atoms with Gasteiger partial charge in [-0.2, -0.15) is 0 Å². The third-order valence-corrected chi connectivity index (χ3v) is 3.22. The third kappa shape index (κ3) is 1.08. The molecule has 3 heteroatoms. The number of para-hydroxylation sites is 1. The molecule has 0 radical (unpaired) electrons. The van der Waals surface area contributed by atoms with Gasteiger partial charge in [-0.3, -0.25) is 4.79 Å². The zero-order chi connectivity index (χ0) is 11.3. The molecule has 0 N–H and O–H groups in total. The molecule has 3 rings (SSSR count). The number of hydrogen-bond donors (Lipinski definition) is 0. The summed E-state index contributed by atoms with van der Waals surface area (Å²) in [7, 11) is 1.81. The number of hydrogen-bond acceptors (Lipinski definition) is 2. The molecule has 1 amide bonds. The van der Waals surface area contributed by atoms with Crippen LogP contribution in [0.4, 0.5) is 0 Å². The lowest BCUT2D eigenvalue weighted by atomic mass is 10.0. The molecule has 2 aromatic rings. The lowest BCUT2D eigenvalue weighted by Gasteiger charge is -2.06. The molecular weight excluding hydrogens is 200 g/mol. The molecule has 0 unspecified atom stereocenters. The van der Waals surface area contributed by atoms with Crippen molar-refractivity contribution in [2.75, 3.05) is 7.05 Å². The van der Waals surface area contributed by atoms with Crippen LogP contribution in [-0.2, 0) is 6.54 Å². The van der Waals surface area contributed by atoms with E-state index in [-0.39, 0.29) is 5.91 Å². The van der Waals surface area contributed by atoms with Crippen molar-refractivity contribution in [1.82, 2.24) is 9.88 Å². The van der Waals surface area contributed by atoms with Crippen LogP contribution in [0.1, 0.15) is 21.6 Å². The Balaban J connectivity index is 2.40. The topological polar surface area (TPSA) is 33.2 Å². The zero-order valence-electron chi connectivity index (χ0n) is 9.32. The normalized spacial score (nSPS) is 14.6. The van der Waals surface area contributed by atoms with Crippen molar-refractivity contribution < 1.29 is 4.79 Å². The molecule has 0 spiro atoms. The summed E-state index contributed by atoms with van der Waals surface area (Å²) in [5.41, 5.74) is 3.78. The number of pyridine rings is 1. The van der Waals surface area contributed by atoms with E-state index in [2.05, 4.69) is 18.0 Å². The minimum Gasteiger partial charge on any atom is -0.336 e. The fourth-order valence-electron chi connectivity index (χ4n) is 2.28. The van der Waals surface area contributed by atoms with Crippen LogP contribution in [0.3, 0.4) is 0 Å². The van der Waals surface area contributed by atoms with Gasteiger partial charge in [0.05, 0.1) is 5.52 Å². The quantitative estimate of drug-likeness (QED) is 0.670. The molecule has 1 aliphatic heterocycles. The average Bonchev–Trinajstić information content (AvgIpc) is 2.58. The highest BCUT2D eigenvalue weighted by molar-refractivity contribution is 6.00. The highest BCUT2D eigenvalue weighted by Gasteiger charge is 2.28. The van der Waals surface area contributed by atoms with Crippen molar-refractivity contribution in [3.05, 3.63) is 41.1 Å². The maximum atomic E-state index is 11.9. The number of rotatable bonds is 0. The summed E-state index contributed by atoms with van der Waals surface area (Å²) >= 11 is 0. The lowest BCUT2D eigenvalue weighted by Crippen LogP contribution is -2.18. The Labute approximate surface area is 93.7 Å². The maximum Gasteiger partial charge on any atom is 0.272 e. The minimum atomic E-state index is 0.0313. The minimum absolute atomic E-state index is 0.0313. The Morgan fingerprint density at radius 2 is 2.06 bits per heavy atom. The first kappa shape index (κ1) is 9.33. The second-order valence-electron chi connectivity index (χ2n) is 4.24. The van der Waals surface area contributed by atoms with Crippen molar-refractivity contribution in [1.29, 1.82) is 0 Å². The van der Waals surface area contributed by atoms with E-state index in [1.807, 2.05) is 25.2 Å². The molecule has 3 nitrogen and oxygen atoms in total. The first-order valence-electron chi connectivity index (χ1n) is 5.32. The number of benzene rings is 1. The van der Waals surface area contributed by atoms with Crippen molar-refractivity contribution in [2.24, 2.45) is 0 Å². The molecule has 16 heavy (non-hydrogen) atoms. The molecule has 0 bridgehead atoms. The van der Waals surface area contributed by atoms with Gasteiger partial charge in [-0.15, -0.1) is 0 Å². The predicted octanol–water partition coefficient (Wildman–Crippen LogP) is 2.13. The number of nitrogens with zero attached hydrogens (tertiary/aromatic N) is 2. The largest absolute Gasteiger partial charge is 0.336 e. The summed E-state index contributed by atoms with van der Waals surface area (Å²) in [6, 6.07) is 7.96. The highest BCUT2D eigenvalue weighted by Crippen LogP contribution is 2.28. The molecular formula is C13H12N2O. The van der Waals surface area contributed by atoms with Gasteiger partial charge in [0, 0.05) is 24.5 Å². The summed E-state index contributed by atoms with van der Waals surface area (Å²) in [5.74, 6) is 0.0313. The summed E-state index contributed by atoms with van der Waals surface area (Å²) in [6.45, 7) is 2.74. The molecule has 0 saturated carbocycles. The van der Waals surface area contributed by atoms with E-state index in [1.165, 1.54) is 5.56 Å². The van der Waals surface area contributed by atoms with Crippen LogP contribution >= 0.6 is 0 Å². The first-order valence-corrected chi connectivity index (χ1v) is 5.32. The van der Waals surface area contributed by atoms with Crippen molar-refractivity contribution in [3.8, 4) is 0 Å². The number of fused-ring (bicyclic) bond motifs is 2. The van der Waals surface area contributed by atoms with Crippen LogP contribution in [0, 0.1) is 6.92 Å². The van der Waals surface area contributed by atoms with Gasteiger partial charge in [-0.25, -0.2) is 4.98 Å². The molecule has 1 aromatic heterocycles. The van der Waals surface area contributed by atoms with Gasteiger partial charge in [0.2, 0.25) is 0 Å². The Morgan fingerprint density at radius 1 is 1.31 bits per heavy atom. The van der Waals surface area contributed by atoms with Gasteiger partial charge in [0.15, 0.2) is 0 Å². The Hall–Kier alpha value is -1.90. The van der Waals surface area contributed by atoms with Gasteiger partial charge in [-0.1, -0.05) is 18.2 Å². The molecule has 80 valence electrons. The SMILES string of the molecule is Cc1c2c(nc3ccccc13)C(=O)N(C)C2. The number of carbonyl (C=O) groups is 1. The fraction of sp³-hybridized carbons (Fsp3) is 0.231. The first-order chi connectivity index (χ1) is 7.68. The van der Waals surface area contributed by atoms with Gasteiger partial charge >= 0.3 is 0 Å². The van der Waals surface area contributed by atoms with E-state index in [1.54, 1.807) is 4.90 Å². The zero-order valence-corrected chi connectivity index (χ0v) is 9.32. The van der Waals surface area contributed by atoms with Crippen LogP contribution in [0.25, 0.3) is 10.9 Å². The Morgan fingerprint density at radius 3 is 2.88 bits per heavy atom. The highest BCUT2D eigenvalue weighted by atomic mass is 16.2. The van der Waals surface area contributed by atoms with Crippen LogP contribution in [-0.4, -0.2) is 22.8 Å². The van der Waals surface area contributed by atoms with Crippen LogP contribution in [0.2, 0.25) is 0 Å². The third-order valence-electron chi connectivity index (χ3n) is 3.22. The van der Waals surface area contributed by atoms with E-state index < -0.39 is 0 Å². The summed E-state index contributed by atoms with van der Waals surface area (Å²) < 4.78 is 0. The standard InChI is InChI=1S/C13H12N2O/c1-8-9-5-3-4-6-11(9)14-12-10(8)7-15(2)13(12)16/h3-6H,7H2,1-2H3. The summed E-state index contributed by atoms with van der Waals surface area (Å²) in [5, 5.41) is 1.14. The van der Waals surface area contributed by atoms with Gasteiger partial charge in [-0.05, 0) is 18.6 Å². The van der Waals surface area contributed by atoms with E-state index in [4.69, 9.17) is 0 Å². The molecule has 0 saturated heterocycles. The van der Waals surface area contributed by atoms with E-state index in [0.29, 0.717) is 12.2 Å². The molecule has 2 heterocycles. The maximum absolute atomic E-state index is 11.9. The number of carbonyl (C=O) groups excluding carboxylic acids is 1.